The van der Waals surface area contributed by atoms with Crippen molar-refractivity contribution >= 4 is 12.0 Å². The minimum absolute atomic E-state index is 0.172. The molecule has 1 fully saturated rings. The average Bonchev–Trinajstić information content (AvgIpc) is 3.17. The van der Waals surface area contributed by atoms with E-state index in [4.69, 9.17) is 4.98 Å². The number of carboxylic acids is 1. The van der Waals surface area contributed by atoms with Crippen molar-refractivity contribution in [3.63, 3.8) is 0 Å². The van der Waals surface area contributed by atoms with Crippen LogP contribution in [0.3, 0.4) is 0 Å². The van der Waals surface area contributed by atoms with Crippen LogP contribution in [0.2, 0.25) is 0 Å². The van der Waals surface area contributed by atoms with Gasteiger partial charge in [0.05, 0.1) is 18.0 Å². The Hall–Kier alpha value is -3.10. The van der Waals surface area contributed by atoms with Crippen molar-refractivity contribution in [1.29, 1.82) is 0 Å². The second-order valence-electron chi connectivity index (χ2n) is 8.92. The standard InChI is InChI=1S/C25H28F3N3O3/c26-25(27,28)19-7-3-6-18(15-19)22(16-23(32)33)31-14-13-30(24(31)34)12-4-8-20-11-10-17-5-1-2-9-21(17)29-20/h3,6-7,10-11,15,22H,1-2,4-5,8-9,12-14,16H2,(H,32,33)/t22-/m0/s1. The third-order valence-corrected chi connectivity index (χ3v) is 6.57. The van der Waals surface area contributed by atoms with E-state index in [-0.39, 0.29) is 18.1 Å². The van der Waals surface area contributed by atoms with Crippen LogP contribution in [0.25, 0.3) is 0 Å². The van der Waals surface area contributed by atoms with Gasteiger partial charge >= 0.3 is 18.2 Å². The van der Waals surface area contributed by atoms with Crippen LogP contribution in [0.1, 0.15) is 59.8 Å². The monoisotopic (exact) mass is 475 g/mol. The fourth-order valence-electron chi connectivity index (χ4n) is 4.81. The summed E-state index contributed by atoms with van der Waals surface area (Å²) in [5.41, 5.74) is 2.80. The summed E-state index contributed by atoms with van der Waals surface area (Å²) in [7, 11) is 0. The van der Waals surface area contributed by atoms with Crippen LogP contribution in [-0.2, 0) is 30.2 Å². The number of amides is 2. The van der Waals surface area contributed by atoms with Gasteiger partial charge in [-0.2, -0.15) is 13.2 Å². The minimum atomic E-state index is -4.55. The van der Waals surface area contributed by atoms with Crippen molar-refractivity contribution in [3.05, 3.63) is 64.5 Å². The van der Waals surface area contributed by atoms with Crippen LogP contribution in [0.4, 0.5) is 18.0 Å². The van der Waals surface area contributed by atoms with Gasteiger partial charge in [-0.15, -0.1) is 0 Å². The molecule has 0 radical (unpaired) electrons. The fraction of sp³-hybridized carbons (Fsp3) is 0.480. The molecular weight excluding hydrogens is 447 g/mol. The molecule has 1 aliphatic carbocycles. The molecule has 1 saturated heterocycles. The van der Waals surface area contributed by atoms with Gasteiger partial charge in [0.15, 0.2) is 0 Å². The summed E-state index contributed by atoms with van der Waals surface area (Å²) < 4.78 is 39.5. The summed E-state index contributed by atoms with van der Waals surface area (Å²) in [5.74, 6) is -1.17. The molecule has 0 spiro atoms. The van der Waals surface area contributed by atoms with Gasteiger partial charge in [-0.1, -0.05) is 18.2 Å². The number of rotatable bonds is 8. The normalized spacial score (nSPS) is 17.1. The third-order valence-electron chi connectivity index (χ3n) is 6.57. The van der Waals surface area contributed by atoms with Crippen LogP contribution in [0.15, 0.2) is 36.4 Å². The number of hydrogen-bond acceptors (Lipinski definition) is 3. The molecule has 2 aromatic rings. The SMILES string of the molecule is O=C(O)C[C@@H](c1cccc(C(F)(F)F)c1)N1CCN(CCCc2ccc3c(n2)CCCC3)C1=O. The topological polar surface area (TPSA) is 73.7 Å². The third kappa shape index (κ3) is 5.51. The molecule has 9 heteroatoms. The van der Waals surface area contributed by atoms with E-state index < -0.39 is 30.2 Å². The first-order valence-electron chi connectivity index (χ1n) is 11.6. The van der Waals surface area contributed by atoms with Crippen LogP contribution < -0.4 is 0 Å². The van der Waals surface area contributed by atoms with Crippen LogP contribution >= 0.6 is 0 Å². The first kappa shape index (κ1) is 24.0. The first-order valence-corrected chi connectivity index (χ1v) is 11.6. The Morgan fingerprint density at radius 2 is 1.91 bits per heavy atom. The molecular formula is C25H28F3N3O3. The zero-order chi connectivity index (χ0) is 24.3. The largest absolute Gasteiger partial charge is 0.481 e. The Bertz CT molecular complexity index is 1060. The zero-order valence-corrected chi connectivity index (χ0v) is 18.9. The van der Waals surface area contributed by atoms with Gasteiger partial charge in [-0.25, -0.2) is 4.79 Å². The number of aryl methyl sites for hydroxylation is 3. The maximum absolute atomic E-state index is 13.2. The lowest BCUT2D eigenvalue weighted by Gasteiger charge is -2.28. The molecule has 0 unspecified atom stereocenters. The number of nitrogens with zero attached hydrogens (tertiary/aromatic N) is 3. The van der Waals surface area contributed by atoms with Gasteiger partial charge in [-0.3, -0.25) is 9.78 Å². The molecule has 0 bridgehead atoms. The van der Waals surface area contributed by atoms with Gasteiger partial charge < -0.3 is 14.9 Å². The predicted molar refractivity (Wildman–Crippen MR) is 119 cm³/mol. The number of aromatic nitrogens is 1. The molecule has 2 amide bonds. The van der Waals surface area contributed by atoms with E-state index in [2.05, 4.69) is 6.07 Å². The number of fused-ring (bicyclic) bond motifs is 1. The molecule has 0 saturated carbocycles. The number of alkyl halides is 3. The maximum atomic E-state index is 13.2. The van der Waals surface area contributed by atoms with Crippen molar-refractivity contribution in [2.24, 2.45) is 0 Å². The highest BCUT2D eigenvalue weighted by molar-refractivity contribution is 5.78. The number of hydrogen-bond donors (Lipinski definition) is 1. The van der Waals surface area contributed by atoms with E-state index in [0.29, 0.717) is 19.5 Å². The fourth-order valence-corrected chi connectivity index (χ4v) is 4.81. The van der Waals surface area contributed by atoms with Crippen molar-refractivity contribution in [2.45, 2.75) is 57.2 Å². The second kappa shape index (κ2) is 10.0. The summed E-state index contributed by atoms with van der Waals surface area (Å²) in [6.45, 7) is 1.16. The number of urea groups is 1. The number of aliphatic carboxylic acids is 1. The van der Waals surface area contributed by atoms with E-state index in [9.17, 15) is 27.9 Å². The minimum Gasteiger partial charge on any atom is -0.481 e. The summed E-state index contributed by atoms with van der Waals surface area (Å²) in [6.07, 6.45) is 0.862. The quantitative estimate of drug-likeness (QED) is 0.592. The van der Waals surface area contributed by atoms with E-state index in [1.165, 1.54) is 34.7 Å². The highest BCUT2D eigenvalue weighted by atomic mass is 19.4. The Morgan fingerprint density at radius 1 is 1.12 bits per heavy atom. The summed E-state index contributed by atoms with van der Waals surface area (Å²) >= 11 is 0. The van der Waals surface area contributed by atoms with E-state index in [1.54, 1.807) is 4.90 Å². The number of carboxylic acid groups (broad SMARTS) is 1. The Kier molecular flexibility index (Phi) is 7.09. The lowest BCUT2D eigenvalue weighted by molar-refractivity contribution is -0.138. The van der Waals surface area contributed by atoms with Gasteiger partial charge in [0.1, 0.15) is 0 Å². The predicted octanol–water partition coefficient (Wildman–Crippen LogP) is 4.87. The molecule has 1 atom stereocenters. The lowest BCUT2D eigenvalue weighted by atomic mass is 9.95. The Labute approximate surface area is 196 Å². The van der Waals surface area contributed by atoms with Crippen molar-refractivity contribution in [1.82, 2.24) is 14.8 Å². The molecule has 6 nitrogen and oxygen atoms in total. The highest BCUT2D eigenvalue weighted by Gasteiger charge is 2.37. The number of benzene rings is 1. The summed E-state index contributed by atoms with van der Waals surface area (Å²) in [4.78, 5) is 32.3. The molecule has 2 aliphatic rings. The Morgan fingerprint density at radius 3 is 2.68 bits per heavy atom. The summed E-state index contributed by atoms with van der Waals surface area (Å²) in [6, 6.07) is 7.45. The molecule has 34 heavy (non-hydrogen) atoms. The van der Waals surface area contributed by atoms with Gasteiger partial charge in [0.25, 0.3) is 0 Å². The Balaban J connectivity index is 1.40. The molecule has 4 rings (SSSR count). The number of pyridine rings is 1. The molecule has 1 aromatic carbocycles. The lowest BCUT2D eigenvalue weighted by Crippen LogP contribution is -2.36. The van der Waals surface area contributed by atoms with Crippen LogP contribution in [0, 0.1) is 0 Å². The number of carbonyl (C=O) groups excluding carboxylic acids is 1. The molecule has 2 heterocycles. The van der Waals surface area contributed by atoms with Crippen LogP contribution in [-0.4, -0.2) is 51.5 Å². The maximum Gasteiger partial charge on any atom is 0.416 e. The second-order valence-corrected chi connectivity index (χ2v) is 8.92. The molecule has 1 aromatic heterocycles. The van der Waals surface area contributed by atoms with Crippen molar-refractivity contribution < 1.29 is 27.9 Å². The van der Waals surface area contributed by atoms with Gasteiger partial charge in [-0.05, 0) is 67.9 Å². The van der Waals surface area contributed by atoms with E-state index >= 15 is 0 Å². The van der Waals surface area contributed by atoms with E-state index in [1.807, 2.05) is 6.07 Å². The van der Waals surface area contributed by atoms with Crippen molar-refractivity contribution in [2.75, 3.05) is 19.6 Å². The first-order chi connectivity index (χ1) is 16.2. The molecule has 1 aliphatic heterocycles. The average molecular weight is 476 g/mol. The zero-order valence-electron chi connectivity index (χ0n) is 18.9. The molecule has 182 valence electrons. The number of carbonyl (C=O) groups is 2. The van der Waals surface area contributed by atoms with Gasteiger partial charge in [0.2, 0.25) is 0 Å². The molecule has 1 N–H and O–H groups in total. The van der Waals surface area contributed by atoms with E-state index in [0.717, 1.165) is 43.5 Å². The van der Waals surface area contributed by atoms with Gasteiger partial charge in [0, 0.05) is 31.0 Å². The van der Waals surface area contributed by atoms with Crippen LogP contribution in [0.5, 0.6) is 0 Å². The highest BCUT2D eigenvalue weighted by Crippen LogP contribution is 2.34. The smallest absolute Gasteiger partial charge is 0.416 e. The van der Waals surface area contributed by atoms with Crippen molar-refractivity contribution in [3.8, 4) is 0 Å². The summed E-state index contributed by atoms with van der Waals surface area (Å²) in [5, 5.41) is 9.36. The number of halogens is 3.